The van der Waals surface area contributed by atoms with Gasteiger partial charge in [-0.1, -0.05) is 39.3 Å². The minimum Gasteiger partial charge on any atom is -0.354 e. The van der Waals surface area contributed by atoms with E-state index >= 15 is 0 Å². The van der Waals surface area contributed by atoms with Gasteiger partial charge in [0.05, 0.1) is 0 Å². The number of rotatable bonds is 8. The Morgan fingerprint density at radius 3 is 2.22 bits per heavy atom. The van der Waals surface area contributed by atoms with E-state index in [-0.39, 0.29) is 11.8 Å². The van der Waals surface area contributed by atoms with Gasteiger partial charge in [0.1, 0.15) is 0 Å². The number of hydrogen-bond donors (Lipinski definition) is 2. The van der Waals surface area contributed by atoms with Crippen LogP contribution in [-0.2, 0) is 9.63 Å². The molecule has 5 nitrogen and oxygen atoms in total. The van der Waals surface area contributed by atoms with Crippen molar-refractivity contribution in [2.24, 2.45) is 11.8 Å². The normalized spacial score (nSPS) is 12.3. The van der Waals surface area contributed by atoms with Gasteiger partial charge < -0.3 is 5.32 Å². The maximum Gasteiger partial charge on any atom is 0.274 e. The van der Waals surface area contributed by atoms with Crippen molar-refractivity contribution in [3.8, 4) is 0 Å². The Bertz CT molecular complexity index is 515. The number of benzene rings is 1. The lowest BCUT2D eigenvalue weighted by Gasteiger charge is -2.19. The average molecular weight is 341 g/mol. The molecule has 6 heteroatoms. The van der Waals surface area contributed by atoms with E-state index in [1.807, 2.05) is 27.7 Å². The second-order valence-corrected chi connectivity index (χ2v) is 6.75. The molecule has 0 saturated heterocycles. The predicted octanol–water partition coefficient (Wildman–Crippen LogP) is 3.19. The first kappa shape index (κ1) is 19.5. The first-order chi connectivity index (χ1) is 10.8. The van der Waals surface area contributed by atoms with Crippen molar-refractivity contribution in [2.45, 2.75) is 40.2 Å². The van der Waals surface area contributed by atoms with Gasteiger partial charge in [-0.2, -0.15) is 0 Å². The number of hydrogen-bond acceptors (Lipinski definition) is 3. The molecule has 0 unspecified atom stereocenters. The molecule has 0 aliphatic rings. The highest BCUT2D eigenvalue weighted by atomic mass is 35.5. The monoisotopic (exact) mass is 340 g/mol. The molecule has 0 aromatic heterocycles. The zero-order valence-corrected chi connectivity index (χ0v) is 14.8. The largest absolute Gasteiger partial charge is 0.354 e. The second-order valence-electron chi connectivity index (χ2n) is 6.31. The number of carbonyl (C=O) groups excluding carboxylic acids is 2. The molecule has 1 aromatic rings. The molecule has 0 heterocycles. The van der Waals surface area contributed by atoms with Gasteiger partial charge in [0, 0.05) is 17.1 Å². The third kappa shape index (κ3) is 7.48. The zero-order valence-electron chi connectivity index (χ0n) is 14.1. The molecule has 0 saturated carbocycles. The van der Waals surface area contributed by atoms with Gasteiger partial charge in [0.15, 0.2) is 6.10 Å². The van der Waals surface area contributed by atoms with Crippen LogP contribution >= 0.6 is 11.6 Å². The molecule has 128 valence electrons. The van der Waals surface area contributed by atoms with E-state index < -0.39 is 12.0 Å². The number of nitrogens with one attached hydrogen (secondary N) is 2. The third-order valence-corrected chi connectivity index (χ3v) is 3.31. The van der Waals surface area contributed by atoms with E-state index in [2.05, 4.69) is 10.8 Å². The topological polar surface area (TPSA) is 67.4 Å². The maximum atomic E-state index is 12.2. The van der Waals surface area contributed by atoms with Crippen molar-refractivity contribution in [1.82, 2.24) is 10.8 Å². The first-order valence-electron chi connectivity index (χ1n) is 7.78. The fraction of sp³-hybridized carbons (Fsp3) is 0.529. The standard InChI is InChI=1S/C17H25ClN2O3/c1-11(2)9-15(17(22)19-10-12(3)4)23-20-16(21)13-5-7-14(18)8-6-13/h5-8,11-12,15H,9-10H2,1-4H3,(H,19,22)(H,20,21)/t15-/m1/s1. The summed E-state index contributed by atoms with van der Waals surface area (Å²) >= 11 is 5.79. The van der Waals surface area contributed by atoms with Crippen LogP contribution in [0.1, 0.15) is 44.5 Å². The van der Waals surface area contributed by atoms with Crippen molar-refractivity contribution in [2.75, 3.05) is 6.54 Å². The van der Waals surface area contributed by atoms with E-state index in [0.29, 0.717) is 29.5 Å². The van der Waals surface area contributed by atoms with Gasteiger partial charge in [-0.25, -0.2) is 5.48 Å². The SMILES string of the molecule is CC(C)CNC(=O)[C@@H](CC(C)C)ONC(=O)c1ccc(Cl)cc1. The number of carbonyl (C=O) groups is 2. The molecule has 23 heavy (non-hydrogen) atoms. The van der Waals surface area contributed by atoms with Crippen LogP contribution in [-0.4, -0.2) is 24.5 Å². The highest BCUT2D eigenvalue weighted by molar-refractivity contribution is 6.30. The smallest absolute Gasteiger partial charge is 0.274 e. The minimum atomic E-state index is -0.718. The van der Waals surface area contributed by atoms with E-state index in [1.54, 1.807) is 24.3 Å². The van der Waals surface area contributed by atoms with Gasteiger partial charge in [-0.3, -0.25) is 14.4 Å². The quantitative estimate of drug-likeness (QED) is 0.714. The molecule has 0 spiro atoms. The van der Waals surface area contributed by atoms with Crippen LogP contribution in [0.4, 0.5) is 0 Å². The third-order valence-electron chi connectivity index (χ3n) is 3.06. The molecule has 0 aliphatic carbocycles. The van der Waals surface area contributed by atoms with Crippen LogP contribution in [0.3, 0.4) is 0 Å². The fourth-order valence-corrected chi connectivity index (χ4v) is 1.97. The molecule has 0 radical (unpaired) electrons. The Morgan fingerprint density at radius 2 is 1.70 bits per heavy atom. The highest BCUT2D eigenvalue weighted by Gasteiger charge is 2.22. The Morgan fingerprint density at radius 1 is 1.09 bits per heavy atom. The second kappa shape index (κ2) is 9.53. The van der Waals surface area contributed by atoms with E-state index in [1.165, 1.54) is 0 Å². The van der Waals surface area contributed by atoms with Crippen LogP contribution in [0.5, 0.6) is 0 Å². The summed E-state index contributed by atoms with van der Waals surface area (Å²) in [5.41, 5.74) is 2.77. The highest BCUT2D eigenvalue weighted by Crippen LogP contribution is 2.11. The molecule has 0 bridgehead atoms. The van der Waals surface area contributed by atoms with Gasteiger partial charge in [0.2, 0.25) is 0 Å². The summed E-state index contributed by atoms with van der Waals surface area (Å²) in [5.74, 6) is -0.0181. The summed E-state index contributed by atoms with van der Waals surface area (Å²) in [6, 6.07) is 6.43. The lowest BCUT2D eigenvalue weighted by atomic mass is 10.1. The first-order valence-corrected chi connectivity index (χ1v) is 8.16. The number of hydroxylamine groups is 1. The average Bonchev–Trinajstić information content (AvgIpc) is 2.49. The van der Waals surface area contributed by atoms with Crippen molar-refractivity contribution in [3.63, 3.8) is 0 Å². The Hall–Kier alpha value is -1.59. The zero-order chi connectivity index (χ0) is 17.4. The van der Waals surface area contributed by atoms with Crippen molar-refractivity contribution in [1.29, 1.82) is 0 Å². The summed E-state index contributed by atoms with van der Waals surface area (Å²) in [7, 11) is 0. The summed E-state index contributed by atoms with van der Waals surface area (Å²) in [4.78, 5) is 29.5. The van der Waals surface area contributed by atoms with Crippen molar-refractivity contribution >= 4 is 23.4 Å². The lowest BCUT2D eigenvalue weighted by molar-refractivity contribution is -0.137. The van der Waals surface area contributed by atoms with Gasteiger partial charge in [-0.15, -0.1) is 0 Å². The minimum absolute atomic E-state index is 0.219. The Kier molecular flexibility index (Phi) is 8.06. The van der Waals surface area contributed by atoms with Crippen LogP contribution in [0.15, 0.2) is 24.3 Å². The summed E-state index contributed by atoms with van der Waals surface area (Å²) in [5, 5.41) is 3.38. The molecule has 0 aliphatic heterocycles. The van der Waals surface area contributed by atoms with Crippen molar-refractivity contribution < 1.29 is 14.4 Å². The van der Waals surface area contributed by atoms with Crippen LogP contribution in [0.25, 0.3) is 0 Å². The van der Waals surface area contributed by atoms with Gasteiger partial charge in [0.25, 0.3) is 11.8 Å². The molecule has 1 rings (SSSR count). The molecular formula is C17H25ClN2O3. The molecular weight excluding hydrogens is 316 g/mol. The molecule has 2 N–H and O–H groups in total. The Labute approximate surface area is 142 Å². The number of amides is 2. The van der Waals surface area contributed by atoms with Crippen LogP contribution in [0, 0.1) is 11.8 Å². The molecule has 1 aromatic carbocycles. The van der Waals surface area contributed by atoms with E-state index in [0.717, 1.165) is 0 Å². The van der Waals surface area contributed by atoms with Crippen LogP contribution < -0.4 is 10.8 Å². The van der Waals surface area contributed by atoms with E-state index in [4.69, 9.17) is 16.4 Å². The lowest BCUT2D eigenvalue weighted by Crippen LogP contribution is -2.42. The van der Waals surface area contributed by atoms with E-state index in [9.17, 15) is 9.59 Å². The molecule has 0 fully saturated rings. The molecule has 1 atom stereocenters. The predicted molar refractivity (Wildman–Crippen MR) is 91.1 cm³/mol. The maximum absolute atomic E-state index is 12.2. The van der Waals surface area contributed by atoms with Crippen molar-refractivity contribution in [3.05, 3.63) is 34.9 Å². The fourth-order valence-electron chi connectivity index (χ4n) is 1.84. The summed E-state index contributed by atoms with van der Waals surface area (Å²) < 4.78 is 0. The number of halogens is 1. The molecule has 2 amide bonds. The van der Waals surface area contributed by atoms with Gasteiger partial charge >= 0.3 is 0 Å². The summed E-state index contributed by atoms with van der Waals surface area (Å²) in [6.07, 6.45) is -0.199. The van der Waals surface area contributed by atoms with Crippen LogP contribution in [0.2, 0.25) is 5.02 Å². The summed E-state index contributed by atoms with van der Waals surface area (Å²) in [6.45, 7) is 8.59. The Balaban J connectivity index is 2.60. The van der Waals surface area contributed by atoms with Gasteiger partial charge in [-0.05, 0) is 42.5 Å².